The average molecular weight is 419 g/mol. The lowest BCUT2D eigenvalue weighted by molar-refractivity contribution is -0.133. The van der Waals surface area contributed by atoms with E-state index in [2.05, 4.69) is 27.7 Å². The van der Waals surface area contributed by atoms with Gasteiger partial charge in [0.05, 0.1) is 5.57 Å². The van der Waals surface area contributed by atoms with Gasteiger partial charge in [-0.15, -0.1) is 0 Å². The van der Waals surface area contributed by atoms with Gasteiger partial charge in [0, 0.05) is 0 Å². The van der Waals surface area contributed by atoms with Gasteiger partial charge in [0.25, 0.3) is 0 Å². The summed E-state index contributed by atoms with van der Waals surface area (Å²) < 4.78 is 6.78. The summed E-state index contributed by atoms with van der Waals surface area (Å²) in [6.45, 7) is 10.8. The van der Waals surface area contributed by atoms with E-state index in [1.54, 1.807) is 0 Å². The number of allylic oxidation sites excluding steroid dienone is 1. The van der Waals surface area contributed by atoms with Crippen LogP contribution in [0.3, 0.4) is 0 Å². The second kappa shape index (κ2) is 13.8. The van der Waals surface area contributed by atoms with Gasteiger partial charge in [-0.05, 0) is 43.5 Å². The lowest BCUT2D eigenvalue weighted by Crippen LogP contribution is -2.38. The summed E-state index contributed by atoms with van der Waals surface area (Å²) in [6, 6.07) is 12.9. The van der Waals surface area contributed by atoms with E-state index in [4.69, 9.17) is 4.43 Å². The molecule has 0 amide bonds. The highest BCUT2D eigenvalue weighted by molar-refractivity contribution is 6.73. The fourth-order valence-corrected chi connectivity index (χ4v) is 6.75. The van der Waals surface area contributed by atoms with E-state index in [1.165, 1.54) is 32.1 Å². The maximum Gasteiger partial charge on any atom is 0.334 e. The third-order valence-corrected chi connectivity index (χ3v) is 10.9. The van der Waals surface area contributed by atoms with E-state index in [-0.39, 0.29) is 0 Å². The third-order valence-electron chi connectivity index (χ3n) is 6.26. The number of carboxylic acids is 1. The van der Waals surface area contributed by atoms with Gasteiger partial charge in [-0.3, -0.25) is 0 Å². The van der Waals surface area contributed by atoms with Crippen LogP contribution in [0.4, 0.5) is 0 Å². The molecule has 0 radical (unpaired) electrons. The lowest BCUT2D eigenvalue weighted by atomic mass is 9.94. The molecule has 0 aliphatic carbocycles. The zero-order chi connectivity index (χ0) is 21.7. The van der Waals surface area contributed by atoms with Crippen molar-refractivity contribution in [3.05, 3.63) is 47.0 Å². The maximum atomic E-state index is 12.4. The van der Waals surface area contributed by atoms with Crippen LogP contribution in [-0.4, -0.2) is 19.4 Å². The van der Waals surface area contributed by atoms with Crippen molar-refractivity contribution in [2.45, 2.75) is 104 Å². The normalized spacial score (nSPS) is 13.8. The molecule has 1 aromatic carbocycles. The topological polar surface area (TPSA) is 46.5 Å². The van der Waals surface area contributed by atoms with E-state index < -0.39 is 20.4 Å². The van der Waals surface area contributed by atoms with Crippen LogP contribution < -0.4 is 0 Å². The van der Waals surface area contributed by atoms with Crippen LogP contribution >= 0.6 is 0 Å². The molecule has 1 aromatic rings. The molecule has 4 heteroatoms. The summed E-state index contributed by atoms with van der Waals surface area (Å²) in [5.74, 6) is -0.839. The Morgan fingerprint density at radius 2 is 1.48 bits per heavy atom. The molecule has 29 heavy (non-hydrogen) atoms. The van der Waals surface area contributed by atoms with Crippen molar-refractivity contribution < 1.29 is 14.3 Å². The Morgan fingerprint density at radius 1 is 0.931 bits per heavy atom. The SMILES string of the molecule is CCCCCCCCC(C)=C(C(=O)O)C(O[Si](CC)(CC)CC)c1ccccc1. The minimum atomic E-state index is -1.97. The quantitative estimate of drug-likeness (QED) is 0.179. The van der Waals surface area contributed by atoms with Crippen molar-refractivity contribution in [2.75, 3.05) is 0 Å². The number of carboxylic acid groups (broad SMARTS) is 1. The molecular formula is C25H42O3Si. The van der Waals surface area contributed by atoms with Gasteiger partial charge in [0.2, 0.25) is 0 Å². The van der Waals surface area contributed by atoms with E-state index in [9.17, 15) is 9.90 Å². The van der Waals surface area contributed by atoms with E-state index in [0.717, 1.165) is 42.1 Å². The summed E-state index contributed by atoms with van der Waals surface area (Å²) in [5.41, 5.74) is 2.38. The monoisotopic (exact) mass is 418 g/mol. The zero-order valence-electron chi connectivity index (χ0n) is 19.3. The second-order valence-corrected chi connectivity index (χ2v) is 12.9. The van der Waals surface area contributed by atoms with E-state index in [1.807, 2.05) is 37.3 Å². The van der Waals surface area contributed by atoms with E-state index >= 15 is 0 Å². The van der Waals surface area contributed by atoms with Crippen LogP contribution in [0.25, 0.3) is 0 Å². The first-order valence-electron chi connectivity index (χ1n) is 11.6. The van der Waals surface area contributed by atoms with Crippen LogP contribution in [0.1, 0.15) is 91.2 Å². The standard InChI is InChI=1S/C25H42O3Si/c1-6-10-11-12-13-15-18-21(5)23(25(26)27)24(22-19-16-14-17-20-22)28-29(7-2,8-3)9-4/h14,16-17,19-20,24H,6-13,15,18H2,1-5H3,(H,26,27). The molecule has 0 fully saturated rings. The maximum absolute atomic E-state index is 12.4. The van der Waals surface area contributed by atoms with Gasteiger partial charge < -0.3 is 9.53 Å². The molecule has 0 saturated carbocycles. The number of carbonyl (C=O) groups is 1. The molecule has 0 saturated heterocycles. The number of aliphatic carboxylic acids is 1. The minimum Gasteiger partial charge on any atom is -0.478 e. The summed E-state index contributed by atoms with van der Waals surface area (Å²) in [5, 5.41) is 10.1. The average Bonchev–Trinajstić information content (AvgIpc) is 2.74. The Balaban J connectivity index is 3.14. The molecule has 1 rings (SSSR count). The molecule has 1 atom stereocenters. The molecule has 164 valence electrons. The second-order valence-electron chi connectivity index (χ2n) is 8.17. The Kier molecular flexibility index (Phi) is 12.2. The number of rotatable bonds is 15. The summed E-state index contributed by atoms with van der Waals surface area (Å²) in [7, 11) is -1.97. The third kappa shape index (κ3) is 8.10. The first-order valence-corrected chi connectivity index (χ1v) is 14.1. The fraction of sp³-hybridized carbons (Fsp3) is 0.640. The van der Waals surface area contributed by atoms with Crippen LogP contribution in [0.5, 0.6) is 0 Å². The van der Waals surface area contributed by atoms with Crippen molar-refractivity contribution in [3.63, 3.8) is 0 Å². The van der Waals surface area contributed by atoms with Gasteiger partial charge in [-0.25, -0.2) is 4.79 Å². The molecule has 0 aliphatic rings. The van der Waals surface area contributed by atoms with Gasteiger partial charge >= 0.3 is 5.97 Å². The molecule has 0 aliphatic heterocycles. The lowest BCUT2D eigenvalue weighted by Gasteiger charge is -2.34. The number of hydrogen-bond donors (Lipinski definition) is 1. The van der Waals surface area contributed by atoms with Gasteiger partial charge in [0.1, 0.15) is 6.10 Å². The van der Waals surface area contributed by atoms with Crippen molar-refractivity contribution in [1.82, 2.24) is 0 Å². The number of unbranched alkanes of at least 4 members (excludes halogenated alkanes) is 5. The summed E-state index contributed by atoms with van der Waals surface area (Å²) >= 11 is 0. The predicted octanol–water partition coefficient (Wildman–Crippen LogP) is 7.90. The Bertz CT molecular complexity index is 612. The van der Waals surface area contributed by atoms with Gasteiger partial charge in [-0.1, -0.05) is 95.7 Å². The summed E-state index contributed by atoms with van der Waals surface area (Å²) in [6.07, 6.45) is 7.62. The van der Waals surface area contributed by atoms with E-state index in [0.29, 0.717) is 5.57 Å². The molecule has 1 N–H and O–H groups in total. The minimum absolute atomic E-state index is 0.456. The number of benzene rings is 1. The highest BCUT2D eigenvalue weighted by Gasteiger charge is 2.36. The Morgan fingerprint density at radius 3 is 2.00 bits per heavy atom. The summed E-state index contributed by atoms with van der Waals surface area (Å²) in [4.78, 5) is 12.4. The highest BCUT2D eigenvalue weighted by atomic mass is 28.4. The van der Waals surface area contributed by atoms with Crippen LogP contribution in [0.2, 0.25) is 18.1 Å². The molecule has 1 unspecified atom stereocenters. The predicted molar refractivity (Wildman–Crippen MR) is 126 cm³/mol. The van der Waals surface area contributed by atoms with Crippen molar-refractivity contribution >= 4 is 14.3 Å². The first-order chi connectivity index (χ1) is 13.9. The zero-order valence-corrected chi connectivity index (χ0v) is 20.3. The molecule has 0 bridgehead atoms. The van der Waals surface area contributed by atoms with Crippen LogP contribution in [-0.2, 0) is 9.22 Å². The van der Waals surface area contributed by atoms with Crippen molar-refractivity contribution in [2.24, 2.45) is 0 Å². The Hall–Kier alpha value is -1.39. The van der Waals surface area contributed by atoms with Crippen molar-refractivity contribution in [1.29, 1.82) is 0 Å². The fourth-order valence-electron chi connectivity index (χ4n) is 4.00. The number of hydrogen-bond acceptors (Lipinski definition) is 2. The van der Waals surface area contributed by atoms with Crippen LogP contribution in [0, 0.1) is 0 Å². The molecular weight excluding hydrogens is 376 g/mol. The smallest absolute Gasteiger partial charge is 0.334 e. The van der Waals surface area contributed by atoms with Crippen LogP contribution in [0.15, 0.2) is 41.5 Å². The largest absolute Gasteiger partial charge is 0.478 e. The Labute approximate surface area is 179 Å². The molecule has 0 aromatic heterocycles. The van der Waals surface area contributed by atoms with Crippen molar-refractivity contribution in [3.8, 4) is 0 Å². The van der Waals surface area contributed by atoms with Gasteiger partial charge in [-0.2, -0.15) is 0 Å². The first kappa shape index (κ1) is 25.6. The molecule has 3 nitrogen and oxygen atoms in total. The van der Waals surface area contributed by atoms with Gasteiger partial charge in [0.15, 0.2) is 8.32 Å². The molecule has 0 spiro atoms. The highest BCUT2D eigenvalue weighted by Crippen LogP contribution is 2.36. The molecule has 0 heterocycles.